The molecule has 0 spiro atoms. The average molecular weight is 443 g/mol. The van der Waals surface area contributed by atoms with Gasteiger partial charge in [-0.05, 0) is 30.2 Å². The molecular formula is C25H21N3O5. The summed E-state index contributed by atoms with van der Waals surface area (Å²) in [5.74, 6) is -1.55. The topological polar surface area (TPSA) is 110 Å². The summed E-state index contributed by atoms with van der Waals surface area (Å²) in [6.45, 7) is 2.20. The number of nitro groups is 1. The van der Waals surface area contributed by atoms with Gasteiger partial charge in [-0.15, -0.1) is 0 Å². The van der Waals surface area contributed by atoms with E-state index in [1.165, 1.54) is 24.3 Å². The molecule has 0 bridgehead atoms. The van der Waals surface area contributed by atoms with Crippen molar-refractivity contribution in [2.45, 2.75) is 25.9 Å². The second-order valence-corrected chi connectivity index (χ2v) is 7.87. The van der Waals surface area contributed by atoms with Gasteiger partial charge in [-0.3, -0.25) is 29.4 Å². The molecule has 0 saturated carbocycles. The molecule has 3 aromatic carbocycles. The molecule has 4 rings (SSSR count). The number of carbonyl (C=O) groups excluding carboxylic acids is 3. The van der Waals surface area contributed by atoms with Crippen molar-refractivity contribution in [3.63, 3.8) is 0 Å². The minimum atomic E-state index is -1.11. The zero-order valence-corrected chi connectivity index (χ0v) is 17.9. The van der Waals surface area contributed by atoms with Gasteiger partial charge < -0.3 is 5.32 Å². The summed E-state index contributed by atoms with van der Waals surface area (Å²) in [4.78, 5) is 50.7. The van der Waals surface area contributed by atoms with E-state index in [9.17, 15) is 24.5 Å². The van der Waals surface area contributed by atoms with Crippen LogP contribution in [0.4, 0.5) is 5.69 Å². The molecule has 8 nitrogen and oxygen atoms in total. The van der Waals surface area contributed by atoms with E-state index in [4.69, 9.17) is 0 Å². The lowest BCUT2D eigenvalue weighted by atomic mass is 10.0. The Balaban J connectivity index is 1.61. The van der Waals surface area contributed by atoms with Crippen LogP contribution in [0.2, 0.25) is 0 Å². The molecule has 1 heterocycles. The second kappa shape index (κ2) is 9.04. The number of aryl methyl sites for hydroxylation is 1. The fraction of sp³-hybridized carbons (Fsp3) is 0.160. The van der Waals surface area contributed by atoms with Gasteiger partial charge in [0.1, 0.15) is 6.04 Å². The van der Waals surface area contributed by atoms with Crippen LogP contribution < -0.4 is 5.32 Å². The van der Waals surface area contributed by atoms with Crippen molar-refractivity contribution in [2.75, 3.05) is 0 Å². The molecule has 1 atom stereocenters. The predicted octanol–water partition coefficient (Wildman–Crippen LogP) is 3.43. The zero-order chi connectivity index (χ0) is 23.5. The number of hydrogen-bond donors (Lipinski definition) is 1. The molecule has 8 heteroatoms. The van der Waals surface area contributed by atoms with Crippen LogP contribution in [-0.2, 0) is 17.8 Å². The number of nitrogens with one attached hydrogen (secondary N) is 1. The molecule has 1 aliphatic heterocycles. The summed E-state index contributed by atoms with van der Waals surface area (Å²) in [5.41, 5.74) is 2.98. The highest BCUT2D eigenvalue weighted by Gasteiger charge is 2.42. The highest BCUT2D eigenvalue weighted by Crippen LogP contribution is 2.26. The largest absolute Gasteiger partial charge is 0.350 e. The molecule has 3 aromatic rings. The van der Waals surface area contributed by atoms with Gasteiger partial charge in [0.25, 0.3) is 17.5 Å². The van der Waals surface area contributed by atoms with Crippen molar-refractivity contribution >= 4 is 23.4 Å². The Morgan fingerprint density at radius 1 is 0.909 bits per heavy atom. The van der Waals surface area contributed by atoms with E-state index in [1.54, 1.807) is 24.3 Å². The van der Waals surface area contributed by atoms with Gasteiger partial charge in [0.05, 0.1) is 16.1 Å². The molecule has 166 valence electrons. The number of nitrogens with zero attached hydrogens (tertiary/aromatic N) is 2. The summed E-state index contributed by atoms with van der Waals surface area (Å²) in [6, 6.07) is 18.7. The lowest BCUT2D eigenvalue weighted by Crippen LogP contribution is -2.50. The quantitative estimate of drug-likeness (QED) is 0.342. The summed E-state index contributed by atoms with van der Waals surface area (Å²) >= 11 is 0. The first kappa shape index (κ1) is 21.9. The van der Waals surface area contributed by atoms with Gasteiger partial charge in [-0.2, -0.15) is 0 Å². The molecule has 33 heavy (non-hydrogen) atoms. The van der Waals surface area contributed by atoms with E-state index in [0.29, 0.717) is 5.56 Å². The van der Waals surface area contributed by atoms with Crippen LogP contribution in [0.3, 0.4) is 0 Å². The van der Waals surface area contributed by atoms with Crippen LogP contribution in [0, 0.1) is 17.0 Å². The van der Waals surface area contributed by atoms with Crippen molar-refractivity contribution in [1.29, 1.82) is 0 Å². The van der Waals surface area contributed by atoms with E-state index >= 15 is 0 Å². The first-order chi connectivity index (χ1) is 15.8. The van der Waals surface area contributed by atoms with Gasteiger partial charge >= 0.3 is 0 Å². The number of benzene rings is 3. The van der Waals surface area contributed by atoms with E-state index in [-0.39, 0.29) is 29.8 Å². The molecule has 1 N–H and O–H groups in total. The normalized spacial score (nSPS) is 13.5. The monoisotopic (exact) mass is 443 g/mol. The Kier molecular flexibility index (Phi) is 5.99. The minimum Gasteiger partial charge on any atom is -0.350 e. The number of rotatable bonds is 7. The number of fused-ring (bicyclic) bond motifs is 1. The average Bonchev–Trinajstić information content (AvgIpc) is 3.07. The summed E-state index contributed by atoms with van der Waals surface area (Å²) in [7, 11) is 0. The number of hydrogen-bond acceptors (Lipinski definition) is 5. The Bertz CT molecular complexity index is 1200. The maximum Gasteiger partial charge on any atom is 0.269 e. The van der Waals surface area contributed by atoms with Gasteiger partial charge in [-0.25, -0.2) is 0 Å². The van der Waals surface area contributed by atoms with Crippen molar-refractivity contribution in [3.8, 4) is 0 Å². The Morgan fingerprint density at radius 3 is 2.00 bits per heavy atom. The van der Waals surface area contributed by atoms with Crippen LogP contribution in [0.1, 0.15) is 37.4 Å². The van der Waals surface area contributed by atoms with Gasteiger partial charge in [-0.1, -0.05) is 54.1 Å². The number of nitro benzene ring substituents is 1. The molecule has 1 aliphatic rings. The van der Waals surface area contributed by atoms with Gasteiger partial charge in [0.15, 0.2) is 0 Å². The fourth-order valence-electron chi connectivity index (χ4n) is 3.78. The Hall–Kier alpha value is -4.33. The third kappa shape index (κ3) is 4.50. The molecular weight excluding hydrogens is 422 g/mol. The number of amides is 3. The molecule has 0 fully saturated rings. The first-order valence-corrected chi connectivity index (χ1v) is 10.4. The number of imide groups is 1. The van der Waals surface area contributed by atoms with E-state index in [1.807, 2.05) is 31.2 Å². The summed E-state index contributed by atoms with van der Waals surface area (Å²) in [6.07, 6.45) is 0.0309. The van der Waals surface area contributed by atoms with Crippen LogP contribution >= 0.6 is 0 Å². The molecule has 0 aromatic heterocycles. The number of non-ortho nitro benzene ring substituents is 1. The van der Waals surface area contributed by atoms with Crippen molar-refractivity contribution in [2.24, 2.45) is 0 Å². The van der Waals surface area contributed by atoms with Crippen LogP contribution in [0.15, 0.2) is 72.8 Å². The number of carbonyl (C=O) groups is 3. The van der Waals surface area contributed by atoms with Crippen molar-refractivity contribution in [1.82, 2.24) is 10.2 Å². The van der Waals surface area contributed by atoms with Crippen LogP contribution in [-0.4, -0.2) is 33.6 Å². The van der Waals surface area contributed by atoms with Crippen LogP contribution in [0.25, 0.3) is 0 Å². The third-order valence-electron chi connectivity index (χ3n) is 5.60. The molecule has 0 unspecified atom stereocenters. The summed E-state index contributed by atoms with van der Waals surface area (Å²) in [5, 5.41) is 13.8. The highest BCUT2D eigenvalue weighted by atomic mass is 16.6. The maximum atomic E-state index is 13.2. The Morgan fingerprint density at radius 2 is 1.45 bits per heavy atom. The lowest BCUT2D eigenvalue weighted by Gasteiger charge is -2.25. The maximum absolute atomic E-state index is 13.2. The van der Waals surface area contributed by atoms with E-state index in [2.05, 4.69) is 5.32 Å². The van der Waals surface area contributed by atoms with E-state index in [0.717, 1.165) is 16.0 Å². The molecule has 0 aliphatic carbocycles. The molecule has 3 amide bonds. The second-order valence-electron chi connectivity index (χ2n) is 7.87. The van der Waals surface area contributed by atoms with Crippen molar-refractivity contribution < 1.29 is 19.3 Å². The predicted molar refractivity (Wildman–Crippen MR) is 121 cm³/mol. The summed E-state index contributed by atoms with van der Waals surface area (Å²) < 4.78 is 0. The first-order valence-electron chi connectivity index (χ1n) is 10.4. The zero-order valence-electron chi connectivity index (χ0n) is 17.9. The van der Waals surface area contributed by atoms with E-state index < -0.39 is 28.7 Å². The van der Waals surface area contributed by atoms with Gasteiger partial charge in [0.2, 0.25) is 5.91 Å². The molecule has 0 saturated heterocycles. The highest BCUT2D eigenvalue weighted by molar-refractivity contribution is 6.22. The van der Waals surface area contributed by atoms with Crippen LogP contribution in [0.5, 0.6) is 0 Å². The molecule has 0 radical (unpaired) electrons. The smallest absolute Gasteiger partial charge is 0.269 e. The fourth-order valence-corrected chi connectivity index (χ4v) is 3.78. The minimum absolute atomic E-state index is 0.0309. The SMILES string of the molecule is Cc1ccc(CNC(=O)[C@H](Cc2ccc([N+](=O)[O-])cc2)N2C(=O)c3ccccc3C2=O)cc1. The third-order valence-corrected chi connectivity index (χ3v) is 5.60. The lowest BCUT2D eigenvalue weighted by molar-refractivity contribution is -0.384. The van der Waals surface area contributed by atoms with Gasteiger partial charge in [0, 0.05) is 25.1 Å². The van der Waals surface area contributed by atoms with Crippen molar-refractivity contribution in [3.05, 3.63) is 111 Å². The standard InChI is InChI=1S/C25H21N3O5/c1-16-6-8-18(9-7-16)15-26-23(29)22(14-17-10-12-19(13-11-17)28(32)33)27-24(30)20-4-2-3-5-21(20)25(27)31/h2-13,22H,14-15H2,1H3,(H,26,29)/t22-/m0/s1. The Labute approximate surface area is 190 Å².